The summed E-state index contributed by atoms with van der Waals surface area (Å²) in [6, 6.07) is -0.293. The summed E-state index contributed by atoms with van der Waals surface area (Å²) >= 11 is 0. The van der Waals surface area contributed by atoms with Crippen LogP contribution in [0.4, 0.5) is 4.79 Å². The molecule has 0 aromatic rings. The van der Waals surface area contributed by atoms with Crippen LogP contribution in [0.15, 0.2) is 17.3 Å². The van der Waals surface area contributed by atoms with Crippen molar-refractivity contribution in [3.05, 3.63) is 12.3 Å². The number of Topliss-reactive ketones (excluding diaryl/α,β-unsaturated/α-hetero) is 1. The van der Waals surface area contributed by atoms with Crippen molar-refractivity contribution in [2.45, 2.75) is 70.1 Å². The Bertz CT molecular complexity index is 566. The molecule has 132 valence electrons. The van der Waals surface area contributed by atoms with E-state index in [4.69, 9.17) is 10.5 Å². The smallest absolute Gasteiger partial charge is 0.383 e. The number of nitrogens with zero attached hydrogens (tertiary/aromatic N) is 2. The molecule has 2 N–H and O–H groups in total. The fourth-order valence-corrected chi connectivity index (χ4v) is 4.00. The Morgan fingerprint density at radius 2 is 2.04 bits per heavy atom. The van der Waals surface area contributed by atoms with Crippen LogP contribution >= 0.6 is 0 Å². The molecule has 24 heavy (non-hydrogen) atoms. The number of urea groups is 1. The van der Waals surface area contributed by atoms with E-state index >= 15 is 0 Å². The standard InChI is InChI=1S/C18H27N3O3/c1-21(12-11-16(19)20-18(21)23)17-10-8-14(24-17)7-9-15(22)13-5-3-2-4-6-13/h11-14,17H,2-10H2,1H3,(H-,19,20,23)/p+1. The summed E-state index contributed by atoms with van der Waals surface area (Å²) < 4.78 is 6.09. The predicted octanol–water partition coefficient (Wildman–Crippen LogP) is 2.87. The molecule has 3 rings (SSSR count). The molecular weight excluding hydrogens is 306 g/mol. The number of quaternary nitrogens is 1. The Kier molecular flexibility index (Phi) is 5.15. The van der Waals surface area contributed by atoms with Crippen molar-refractivity contribution in [2.24, 2.45) is 16.6 Å². The van der Waals surface area contributed by atoms with Crippen LogP contribution in [0.5, 0.6) is 0 Å². The quantitative estimate of drug-likeness (QED) is 0.784. The van der Waals surface area contributed by atoms with Crippen LogP contribution in [-0.4, -0.2) is 41.5 Å². The van der Waals surface area contributed by atoms with Gasteiger partial charge < -0.3 is 10.5 Å². The molecule has 3 unspecified atom stereocenters. The minimum absolute atomic E-state index is 0.00771. The number of ketones is 1. The number of carbonyl (C=O) groups excluding carboxylic acids is 2. The Labute approximate surface area is 143 Å². The van der Waals surface area contributed by atoms with Gasteiger partial charge in [-0.15, -0.1) is 4.99 Å². The summed E-state index contributed by atoms with van der Waals surface area (Å²) in [6.07, 6.45) is 12.0. The Morgan fingerprint density at radius 1 is 1.29 bits per heavy atom. The van der Waals surface area contributed by atoms with Crippen molar-refractivity contribution in [1.29, 1.82) is 0 Å². The minimum Gasteiger partial charge on any atom is -0.383 e. The largest absolute Gasteiger partial charge is 0.451 e. The molecule has 0 aromatic heterocycles. The average molecular weight is 334 g/mol. The lowest BCUT2D eigenvalue weighted by atomic mass is 9.84. The second-order valence-electron chi connectivity index (χ2n) is 7.41. The molecule has 6 nitrogen and oxygen atoms in total. The van der Waals surface area contributed by atoms with E-state index in [-0.39, 0.29) is 34.6 Å². The summed E-state index contributed by atoms with van der Waals surface area (Å²) in [5, 5.41) is 0. The highest BCUT2D eigenvalue weighted by atomic mass is 16.5. The fourth-order valence-electron chi connectivity index (χ4n) is 4.00. The van der Waals surface area contributed by atoms with E-state index in [0.29, 0.717) is 12.2 Å². The van der Waals surface area contributed by atoms with Crippen LogP contribution in [0, 0.1) is 5.92 Å². The maximum atomic E-state index is 12.3. The van der Waals surface area contributed by atoms with Gasteiger partial charge in [0.1, 0.15) is 17.8 Å². The number of nitrogens with two attached hydrogens (primary N) is 1. The van der Waals surface area contributed by atoms with Crippen LogP contribution in [0.3, 0.4) is 0 Å². The van der Waals surface area contributed by atoms with Gasteiger partial charge in [-0.25, -0.2) is 4.79 Å². The topological polar surface area (TPSA) is 81.8 Å². The van der Waals surface area contributed by atoms with Crippen molar-refractivity contribution >= 4 is 17.6 Å². The monoisotopic (exact) mass is 334 g/mol. The molecule has 3 atom stereocenters. The normalized spacial score (nSPS) is 34.4. The molecule has 0 bridgehead atoms. The second kappa shape index (κ2) is 7.15. The molecule has 0 aromatic carbocycles. The number of amidine groups is 1. The zero-order chi connectivity index (χ0) is 17.2. The van der Waals surface area contributed by atoms with E-state index in [1.165, 1.54) is 19.3 Å². The molecule has 3 aliphatic rings. The summed E-state index contributed by atoms with van der Waals surface area (Å²) in [5.74, 6) is 0.904. The molecule has 2 aliphatic heterocycles. The van der Waals surface area contributed by atoms with Crippen molar-refractivity contribution < 1.29 is 18.8 Å². The molecule has 1 aliphatic carbocycles. The summed E-state index contributed by atoms with van der Waals surface area (Å²) in [4.78, 5) is 28.4. The molecule has 6 heteroatoms. The maximum Gasteiger partial charge on any atom is 0.451 e. The third kappa shape index (κ3) is 3.59. The molecule has 1 saturated heterocycles. The lowest BCUT2D eigenvalue weighted by molar-refractivity contribution is -0.830. The van der Waals surface area contributed by atoms with Crippen LogP contribution in [0.1, 0.15) is 57.8 Å². The number of aliphatic imine (C=N–C) groups is 1. The number of carbonyl (C=O) groups is 2. The zero-order valence-corrected chi connectivity index (χ0v) is 14.4. The first-order chi connectivity index (χ1) is 11.5. The van der Waals surface area contributed by atoms with Gasteiger partial charge in [0.15, 0.2) is 0 Å². The number of ether oxygens (including phenoxy) is 1. The van der Waals surface area contributed by atoms with E-state index in [2.05, 4.69) is 4.99 Å². The molecular formula is C18H28N3O3+. The summed E-state index contributed by atoms with van der Waals surface area (Å²) in [7, 11) is 1.80. The van der Waals surface area contributed by atoms with Crippen molar-refractivity contribution in [3.8, 4) is 0 Å². The highest BCUT2D eigenvalue weighted by Gasteiger charge is 2.45. The fraction of sp³-hybridized carbons (Fsp3) is 0.722. The lowest BCUT2D eigenvalue weighted by Gasteiger charge is -2.32. The molecule has 2 fully saturated rings. The second-order valence-corrected chi connectivity index (χ2v) is 7.41. The van der Waals surface area contributed by atoms with Gasteiger partial charge in [0.05, 0.1) is 13.2 Å². The van der Waals surface area contributed by atoms with E-state index in [9.17, 15) is 9.59 Å². The van der Waals surface area contributed by atoms with Crippen molar-refractivity contribution in [2.75, 3.05) is 7.05 Å². The molecule has 2 heterocycles. The summed E-state index contributed by atoms with van der Waals surface area (Å²) in [6.45, 7) is 0. The van der Waals surface area contributed by atoms with Crippen LogP contribution in [-0.2, 0) is 9.53 Å². The SMILES string of the molecule is C[N+]1(C2CCC(CCC(=O)C3CCCCC3)O2)C=CC(N)=NC1=O. The van der Waals surface area contributed by atoms with E-state index < -0.39 is 0 Å². The van der Waals surface area contributed by atoms with Gasteiger partial charge in [-0.1, -0.05) is 19.3 Å². The van der Waals surface area contributed by atoms with E-state index in [1.54, 1.807) is 19.3 Å². The van der Waals surface area contributed by atoms with Gasteiger partial charge in [-0.05, 0) is 25.7 Å². The van der Waals surface area contributed by atoms with Gasteiger partial charge in [0.25, 0.3) is 0 Å². The van der Waals surface area contributed by atoms with Gasteiger partial charge in [-0.2, -0.15) is 4.48 Å². The van der Waals surface area contributed by atoms with Crippen LogP contribution in [0.25, 0.3) is 0 Å². The third-order valence-corrected chi connectivity index (χ3v) is 5.65. The number of rotatable bonds is 5. The highest BCUT2D eigenvalue weighted by Crippen LogP contribution is 2.32. The number of hydrogen-bond acceptors (Lipinski definition) is 4. The number of amides is 2. The van der Waals surface area contributed by atoms with Gasteiger partial charge in [-0.3, -0.25) is 4.79 Å². The zero-order valence-electron chi connectivity index (χ0n) is 14.4. The molecule has 0 radical (unpaired) electrons. The van der Waals surface area contributed by atoms with E-state index in [0.717, 1.165) is 32.1 Å². The lowest BCUT2D eigenvalue weighted by Crippen LogP contribution is -2.53. The predicted molar refractivity (Wildman–Crippen MR) is 91.1 cm³/mol. The number of hydrogen-bond donors (Lipinski definition) is 1. The first-order valence-corrected chi connectivity index (χ1v) is 9.11. The van der Waals surface area contributed by atoms with Crippen molar-refractivity contribution in [3.63, 3.8) is 0 Å². The molecule has 0 spiro atoms. The highest BCUT2D eigenvalue weighted by molar-refractivity contribution is 5.99. The average Bonchev–Trinajstić information content (AvgIpc) is 3.07. The Morgan fingerprint density at radius 3 is 2.75 bits per heavy atom. The minimum atomic E-state index is -0.293. The Hall–Kier alpha value is -1.53. The van der Waals surface area contributed by atoms with Crippen LogP contribution < -0.4 is 5.73 Å². The first kappa shape index (κ1) is 17.3. The van der Waals surface area contributed by atoms with E-state index in [1.807, 2.05) is 0 Å². The Balaban J connectivity index is 1.50. The summed E-state index contributed by atoms with van der Waals surface area (Å²) in [5.41, 5.74) is 5.58. The molecule has 2 amide bonds. The molecule has 1 saturated carbocycles. The van der Waals surface area contributed by atoms with Gasteiger partial charge >= 0.3 is 6.03 Å². The first-order valence-electron chi connectivity index (χ1n) is 9.11. The van der Waals surface area contributed by atoms with Gasteiger partial charge in [0, 0.05) is 24.8 Å². The van der Waals surface area contributed by atoms with Gasteiger partial charge in [0.2, 0.25) is 6.23 Å². The third-order valence-electron chi connectivity index (χ3n) is 5.65. The van der Waals surface area contributed by atoms with Crippen LogP contribution in [0.2, 0.25) is 0 Å². The van der Waals surface area contributed by atoms with Crippen molar-refractivity contribution in [1.82, 2.24) is 0 Å². The maximum absolute atomic E-state index is 12.3.